The Labute approximate surface area is 129 Å². The molecule has 0 atom stereocenters. The maximum atomic E-state index is 12.4. The van der Waals surface area contributed by atoms with Crippen molar-refractivity contribution in [2.75, 3.05) is 0 Å². The van der Waals surface area contributed by atoms with Crippen LogP contribution in [0.25, 0.3) is 0 Å². The average Bonchev–Trinajstić information content (AvgIpc) is 2.93. The van der Waals surface area contributed by atoms with Crippen LogP contribution in [0.1, 0.15) is 24.4 Å². The van der Waals surface area contributed by atoms with Gasteiger partial charge in [0.1, 0.15) is 0 Å². The molecule has 0 fully saturated rings. The highest BCUT2D eigenvalue weighted by Crippen LogP contribution is 2.22. The van der Waals surface area contributed by atoms with E-state index in [2.05, 4.69) is 15.0 Å². The van der Waals surface area contributed by atoms with Gasteiger partial charge >= 0.3 is 0 Å². The van der Waals surface area contributed by atoms with E-state index in [9.17, 15) is 8.42 Å². The summed E-state index contributed by atoms with van der Waals surface area (Å²) < 4.78 is 27.3. The second kappa shape index (κ2) is 7.13. The summed E-state index contributed by atoms with van der Waals surface area (Å²) in [6.07, 6.45) is 1.65. The van der Waals surface area contributed by atoms with Crippen molar-refractivity contribution in [1.29, 1.82) is 0 Å². The molecule has 0 amide bonds. The second-order valence-electron chi connectivity index (χ2n) is 4.89. The van der Waals surface area contributed by atoms with E-state index in [4.69, 9.17) is 0 Å². The first-order chi connectivity index (χ1) is 9.99. The Morgan fingerprint density at radius 3 is 2.71 bits per heavy atom. The molecule has 2 heterocycles. The van der Waals surface area contributed by atoms with Crippen LogP contribution in [-0.4, -0.2) is 19.4 Å². The third-order valence-corrected chi connectivity index (χ3v) is 5.37. The Morgan fingerprint density at radius 2 is 2.05 bits per heavy atom. The molecule has 7 heteroatoms. The number of hydrogen-bond donors (Lipinski definition) is 2. The fourth-order valence-corrected chi connectivity index (χ4v) is 4.13. The third kappa shape index (κ3) is 4.60. The Hall–Kier alpha value is -1.28. The van der Waals surface area contributed by atoms with Crippen LogP contribution in [0, 0.1) is 0 Å². The lowest BCUT2D eigenvalue weighted by Gasteiger charge is -2.10. The highest BCUT2D eigenvalue weighted by molar-refractivity contribution is 7.89. The van der Waals surface area contributed by atoms with Gasteiger partial charge in [-0.05, 0) is 23.6 Å². The molecule has 0 spiro atoms. The minimum Gasteiger partial charge on any atom is -0.310 e. The minimum absolute atomic E-state index is 0.191. The van der Waals surface area contributed by atoms with Gasteiger partial charge in [0.2, 0.25) is 10.0 Å². The van der Waals surface area contributed by atoms with Gasteiger partial charge in [-0.1, -0.05) is 19.9 Å². The van der Waals surface area contributed by atoms with E-state index in [1.807, 2.05) is 19.9 Å². The van der Waals surface area contributed by atoms with Crippen molar-refractivity contribution in [3.63, 3.8) is 0 Å². The van der Waals surface area contributed by atoms with Crippen molar-refractivity contribution in [2.45, 2.75) is 37.9 Å². The molecule has 0 aromatic carbocycles. The van der Waals surface area contributed by atoms with Gasteiger partial charge in [0.05, 0.1) is 17.1 Å². The van der Waals surface area contributed by atoms with Gasteiger partial charge < -0.3 is 5.32 Å². The molecule has 2 rings (SSSR count). The summed E-state index contributed by atoms with van der Waals surface area (Å²) in [5.41, 5.74) is 0.693. The predicted octanol–water partition coefficient (Wildman–Crippen LogP) is 2.12. The van der Waals surface area contributed by atoms with Crippen LogP contribution < -0.4 is 10.0 Å². The van der Waals surface area contributed by atoms with Crippen LogP contribution in [0.3, 0.4) is 0 Å². The molecule has 2 aromatic heterocycles. The Bertz CT molecular complexity index is 667. The topological polar surface area (TPSA) is 71.1 Å². The fraction of sp³-hybridized carbons (Fsp3) is 0.357. The van der Waals surface area contributed by atoms with E-state index >= 15 is 0 Å². The zero-order chi connectivity index (χ0) is 15.3. The monoisotopic (exact) mass is 325 g/mol. The standard InChI is InChI=1S/C14H19N3O2S2/c1-11(2)16-10-13-14(6-8-20-13)21(18,19)17-9-12-5-3-4-7-15-12/h3-8,11,16-17H,9-10H2,1-2H3. The average molecular weight is 325 g/mol. The summed E-state index contributed by atoms with van der Waals surface area (Å²) in [5, 5.41) is 5.04. The number of thiophene rings is 1. The maximum absolute atomic E-state index is 12.4. The van der Waals surface area contributed by atoms with Crippen LogP contribution in [-0.2, 0) is 23.1 Å². The van der Waals surface area contributed by atoms with Gasteiger partial charge in [-0.2, -0.15) is 0 Å². The van der Waals surface area contributed by atoms with Crippen LogP contribution in [0.4, 0.5) is 0 Å². The van der Waals surface area contributed by atoms with Crippen molar-refractivity contribution < 1.29 is 8.42 Å². The van der Waals surface area contributed by atoms with Crippen molar-refractivity contribution in [3.05, 3.63) is 46.4 Å². The number of nitrogens with one attached hydrogen (secondary N) is 2. The zero-order valence-electron chi connectivity index (χ0n) is 12.0. The number of nitrogens with zero attached hydrogens (tertiary/aromatic N) is 1. The Morgan fingerprint density at radius 1 is 1.24 bits per heavy atom. The van der Waals surface area contributed by atoms with Crippen LogP contribution >= 0.6 is 11.3 Å². The summed E-state index contributed by atoms with van der Waals surface area (Å²) >= 11 is 1.44. The molecular formula is C14H19N3O2S2. The molecule has 2 aromatic rings. The van der Waals surface area contributed by atoms with Crippen molar-refractivity contribution >= 4 is 21.4 Å². The van der Waals surface area contributed by atoms with E-state index in [0.717, 1.165) is 4.88 Å². The molecule has 5 nitrogen and oxygen atoms in total. The normalized spacial score (nSPS) is 12.0. The van der Waals surface area contributed by atoms with Gasteiger partial charge in [0.25, 0.3) is 0 Å². The lowest BCUT2D eigenvalue weighted by Crippen LogP contribution is -2.26. The molecule has 0 aliphatic rings. The smallest absolute Gasteiger partial charge is 0.242 e. The molecule has 114 valence electrons. The number of sulfonamides is 1. The molecule has 0 radical (unpaired) electrons. The highest BCUT2D eigenvalue weighted by Gasteiger charge is 2.19. The molecule has 0 aliphatic carbocycles. The first-order valence-corrected chi connectivity index (χ1v) is 9.04. The molecule has 0 aliphatic heterocycles. The van der Waals surface area contributed by atoms with Gasteiger partial charge in [0, 0.05) is 23.7 Å². The van der Waals surface area contributed by atoms with Crippen LogP contribution in [0.2, 0.25) is 0 Å². The van der Waals surface area contributed by atoms with Gasteiger partial charge in [0.15, 0.2) is 0 Å². The molecule has 0 saturated heterocycles. The quantitative estimate of drug-likeness (QED) is 0.818. The summed E-state index contributed by atoms with van der Waals surface area (Å²) in [6, 6.07) is 7.37. The minimum atomic E-state index is -3.51. The van der Waals surface area contributed by atoms with Crippen LogP contribution in [0.5, 0.6) is 0 Å². The lowest BCUT2D eigenvalue weighted by atomic mass is 10.4. The number of hydrogen-bond acceptors (Lipinski definition) is 5. The van der Waals surface area contributed by atoms with E-state index in [-0.39, 0.29) is 6.54 Å². The predicted molar refractivity (Wildman–Crippen MR) is 84.6 cm³/mol. The van der Waals surface area contributed by atoms with Crippen LogP contribution in [0.15, 0.2) is 40.7 Å². The summed E-state index contributed by atoms with van der Waals surface area (Å²) in [6.45, 7) is 4.80. The summed E-state index contributed by atoms with van der Waals surface area (Å²) in [7, 11) is -3.51. The maximum Gasteiger partial charge on any atom is 0.242 e. The first-order valence-electron chi connectivity index (χ1n) is 6.68. The third-order valence-electron chi connectivity index (χ3n) is 2.83. The summed E-state index contributed by atoms with van der Waals surface area (Å²) in [4.78, 5) is 5.27. The van der Waals surface area contributed by atoms with E-state index in [1.165, 1.54) is 11.3 Å². The SMILES string of the molecule is CC(C)NCc1sccc1S(=O)(=O)NCc1ccccn1. The van der Waals surface area contributed by atoms with Gasteiger partial charge in [-0.15, -0.1) is 11.3 Å². The molecule has 0 saturated carbocycles. The molecule has 0 bridgehead atoms. The number of pyridine rings is 1. The number of aromatic nitrogens is 1. The largest absolute Gasteiger partial charge is 0.310 e. The molecule has 2 N–H and O–H groups in total. The molecular weight excluding hydrogens is 306 g/mol. The molecule has 0 unspecified atom stereocenters. The number of rotatable bonds is 7. The van der Waals surface area contributed by atoms with Crippen molar-refractivity contribution in [1.82, 2.24) is 15.0 Å². The molecule has 21 heavy (non-hydrogen) atoms. The lowest BCUT2D eigenvalue weighted by molar-refractivity contribution is 0.571. The second-order valence-corrected chi connectivity index (χ2v) is 7.63. The first kappa shape index (κ1) is 16.1. The Balaban J connectivity index is 2.07. The fourth-order valence-electron chi connectivity index (χ4n) is 1.74. The van der Waals surface area contributed by atoms with Crippen molar-refractivity contribution in [3.8, 4) is 0 Å². The van der Waals surface area contributed by atoms with E-state index in [1.54, 1.807) is 29.8 Å². The van der Waals surface area contributed by atoms with Gasteiger partial charge in [-0.25, -0.2) is 13.1 Å². The Kier molecular flexibility index (Phi) is 5.46. The highest BCUT2D eigenvalue weighted by atomic mass is 32.2. The van der Waals surface area contributed by atoms with Gasteiger partial charge in [-0.3, -0.25) is 4.98 Å². The zero-order valence-corrected chi connectivity index (χ0v) is 13.7. The van der Waals surface area contributed by atoms with E-state index < -0.39 is 10.0 Å². The summed E-state index contributed by atoms with van der Waals surface area (Å²) in [5.74, 6) is 0. The van der Waals surface area contributed by atoms with E-state index in [0.29, 0.717) is 23.2 Å². The van der Waals surface area contributed by atoms with Crippen molar-refractivity contribution in [2.24, 2.45) is 0 Å².